The zero-order valence-corrected chi connectivity index (χ0v) is 32.3. The summed E-state index contributed by atoms with van der Waals surface area (Å²) in [5, 5.41) is 16.1. The maximum atomic E-state index is 13.0. The molecule has 0 unspecified atom stereocenters. The van der Waals surface area contributed by atoms with Crippen molar-refractivity contribution in [2.24, 2.45) is 0 Å². The predicted molar refractivity (Wildman–Crippen MR) is 218 cm³/mol. The van der Waals surface area contributed by atoms with E-state index in [1.165, 1.54) is 23.2 Å². The molecule has 10 nitrogen and oxygen atoms in total. The molecule has 0 saturated carbocycles. The van der Waals surface area contributed by atoms with E-state index in [4.69, 9.17) is 23.2 Å². The monoisotopic (exact) mass is 762 g/mol. The number of hydrogen-bond acceptors (Lipinski definition) is 8. The Morgan fingerprint density at radius 2 is 1.09 bits per heavy atom. The number of hydrogen-bond donors (Lipinski definition) is 2. The predicted octanol–water partition coefficient (Wildman–Crippen LogP) is 9.68. The van der Waals surface area contributed by atoms with E-state index in [-0.39, 0.29) is 45.2 Å². The Bertz CT molecular complexity index is 2290. The minimum atomic E-state index is -0.361. The number of aromatic nitrogens is 4. The lowest BCUT2D eigenvalue weighted by Crippen LogP contribution is -2.28. The van der Waals surface area contributed by atoms with Gasteiger partial charge in [-0.2, -0.15) is 10.2 Å². The topological polar surface area (TPSA) is 128 Å². The lowest BCUT2D eigenvalue weighted by atomic mass is 10.0. The zero-order valence-electron chi connectivity index (χ0n) is 30.8. The van der Waals surface area contributed by atoms with Crippen LogP contribution in [0.15, 0.2) is 107 Å². The van der Waals surface area contributed by atoms with Crippen molar-refractivity contribution in [3.05, 3.63) is 150 Å². The maximum Gasteiger partial charge on any atom is 0.291 e. The van der Waals surface area contributed by atoms with Gasteiger partial charge in [0.15, 0.2) is 11.6 Å². The van der Waals surface area contributed by atoms with Crippen LogP contribution < -0.4 is 21.8 Å². The van der Waals surface area contributed by atoms with Gasteiger partial charge < -0.3 is 10.6 Å². The van der Waals surface area contributed by atoms with E-state index in [1.54, 1.807) is 18.2 Å². The van der Waals surface area contributed by atoms with Crippen LogP contribution in [0.25, 0.3) is 22.5 Å². The van der Waals surface area contributed by atoms with Crippen molar-refractivity contribution in [2.75, 3.05) is 10.6 Å². The fourth-order valence-electron chi connectivity index (χ4n) is 5.82. The van der Waals surface area contributed by atoms with Gasteiger partial charge in [-0.05, 0) is 76.9 Å². The second-order valence-corrected chi connectivity index (χ2v) is 13.3. The van der Waals surface area contributed by atoms with Crippen molar-refractivity contribution in [2.45, 2.75) is 54.6 Å². The summed E-state index contributed by atoms with van der Waals surface area (Å²) in [5.41, 5.74) is 5.86. The number of nitrogens with one attached hydrogen (secondary N) is 2. The molecule has 4 aromatic carbocycles. The van der Waals surface area contributed by atoms with Crippen LogP contribution in [0.3, 0.4) is 0 Å². The van der Waals surface area contributed by atoms with Crippen molar-refractivity contribution in [1.29, 1.82) is 0 Å². The normalized spacial score (nSPS) is 10.7. The Kier molecular flexibility index (Phi) is 12.6. The van der Waals surface area contributed by atoms with Crippen LogP contribution in [-0.2, 0) is 13.1 Å². The number of carbonyl (C=O) groups is 2. The Hall–Kier alpha value is -5.84. The largest absolute Gasteiger partial charge is 0.350 e. The smallest absolute Gasteiger partial charge is 0.291 e. The molecule has 0 spiro atoms. The minimum Gasteiger partial charge on any atom is -0.350 e. The number of ketones is 2. The molecule has 276 valence electrons. The van der Waals surface area contributed by atoms with Crippen molar-refractivity contribution < 1.29 is 9.59 Å². The van der Waals surface area contributed by atoms with E-state index in [1.807, 2.05) is 107 Å². The zero-order chi connectivity index (χ0) is 39.1. The summed E-state index contributed by atoms with van der Waals surface area (Å²) in [7, 11) is 0. The van der Waals surface area contributed by atoms with E-state index in [2.05, 4.69) is 20.8 Å². The summed E-state index contributed by atoms with van der Waals surface area (Å²) in [6.07, 6.45) is 0. The van der Waals surface area contributed by atoms with Crippen LogP contribution in [0, 0.1) is 13.8 Å². The standard InChI is InChI=1S/2C21H20ClN3O2/c1-4-25-21(27)20(23-17-12-16(22)11-10-13(17)2)18(14(3)26)19(24-25)15-8-6-5-7-9-15;1-4-25-21(27)20(23-17-12-13(2)10-11-16(17)22)18(14(3)26)19(24-25)15-8-6-5-7-9-15/h2*5-12,23H,4H2,1-3H3. The van der Waals surface area contributed by atoms with Crippen molar-refractivity contribution in [3.63, 3.8) is 0 Å². The number of halogens is 2. The van der Waals surface area contributed by atoms with Crippen LogP contribution in [-0.4, -0.2) is 31.1 Å². The van der Waals surface area contributed by atoms with Gasteiger partial charge in [0.25, 0.3) is 11.1 Å². The fraction of sp³-hybridized carbons (Fsp3) is 0.190. The second-order valence-electron chi connectivity index (χ2n) is 12.5. The maximum absolute atomic E-state index is 13.0. The first kappa shape index (κ1) is 39.4. The highest BCUT2D eigenvalue weighted by Crippen LogP contribution is 2.32. The van der Waals surface area contributed by atoms with Gasteiger partial charge in [-0.1, -0.05) is 96.0 Å². The molecule has 0 aliphatic heterocycles. The number of aryl methyl sites for hydroxylation is 4. The molecule has 0 aliphatic carbocycles. The summed E-state index contributed by atoms with van der Waals surface area (Å²) in [6.45, 7) is 11.2. The van der Waals surface area contributed by atoms with Crippen LogP contribution in [0.5, 0.6) is 0 Å². The number of nitrogens with zero attached hydrogens (tertiary/aromatic N) is 4. The minimum absolute atomic E-state index is 0.186. The molecule has 6 aromatic rings. The highest BCUT2D eigenvalue weighted by Gasteiger charge is 2.24. The first-order valence-electron chi connectivity index (χ1n) is 17.3. The summed E-state index contributed by atoms with van der Waals surface area (Å²) in [5.74, 6) is -0.475. The number of carbonyl (C=O) groups excluding carboxylic acids is 2. The molecule has 0 aliphatic rings. The quantitative estimate of drug-likeness (QED) is 0.132. The van der Waals surface area contributed by atoms with E-state index >= 15 is 0 Å². The van der Waals surface area contributed by atoms with Crippen LogP contribution in [0.1, 0.15) is 59.5 Å². The Morgan fingerprint density at radius 1 is 0.630 bits per heavy atom. The van der Waals surface area contributed by atoms with E-state index in [0.29, 0.717) is 45.9 Å². The number of benzene rings is 4. The van der Waals surface area contributed by atoms with Gasteiger partial charge in [0.05, 0.1) is 21.8 Å². The van der Waals surface area contributed by atoms with Gasteiger partial charge in [0, 0.05) is 34.9 Å². The van der Waals surface area contributed by atoms with Crippen molar-refractivity contribution >= 4 is 57.5 Å². The molecule has 2 heterocycles. The average Bonchev–Trinajstić information content (AvgIpc) is 3.16. The molecule has 12 heteroatoms. The van der Waals surface area contributed by atoms with Crippen molar-refractivity contribution in [1.82, 2.24) is 19.6 Å². The van der Waals surface area contributed by atoms with Gasteiger partial charge in [-0.3, -0.25) is 19.2 Å². The highest BCUT2D eigenvalue weighted by atomic mass is 35.5. The average molecular weight is 764 g/mol. The molecule has 2 aromatic heterocycles. The first-order chi connectivity index (χ1) is 25.8. The van der Waals surface area contributed by atoms with Gasteiger partial charge in [-0.25, -0.2) is 9.36 Å². The van der Waals surface area contributed by atoms with Gasteiger partial charge in [0.2, 0.25) is 0 Å². The van der Waals surface area contributed by atoms with Crippen LogP contribution in [0.4, 0.5) is 22.7 Å². The first-order valence-corrected chi connectivity index (χ1v) is 18.1. The third-order valence-corrected chi connectivity index (χ3v) is 9.11. The Balaban J connectivity index is 0.000000208. The molecule has 0 radical (unpaired) electrons. The lowest BCUT2D eigenvalue weighted by molar-refractivity contribution is 0.101. The molecular formula is C42H40Cl2N6O4. The third-order valence-electron chi connectivity index (χ3n) is 8.55. The summed E-state index contributed by atoms with van der Waals surface area (Å²) < 4.78 is 2.71. The van der Waals surface area contributed by atoms with Gasteiger partial charge in [0.1, 0.15) is 22.8 Å². The number of Topliss-reactive ketones (excluding diaryl/α,β-unsaturated/α-hetero) is 2. The van der Waals surface area contributed by atoms with E-state index in [9.17, 15) is 19.2 Å². The molecule has 54 heavy (non-hydrogen) atoms. The third kappa shape index (κ3) is 8.68. The summed E-state index contributed by atoms with van der Waals surface area (Å²) in [4.78, 5) is 50.9. The molecular weight excluding hydrogens is 723 g/mol. The summed E-state index contributed by atoms with van der Waals surface area (Å²) in [6, 6.07) is 29.6. The molecule has 0 amide bonds. The summed E-state index contributed by atoms with van der Waals surface area (Å²) >= 11 is 12.4. The van der Waals surface area contributed by atoms with Gasteiger partial charge in [-0.15, -0.1) is 0 Å². The van der Waals surface area contributed by atoms with Gasteiger partial charge >= 0.3 is 0 Å². The van der Waals surface area contributed by atoms with E-state index in [0.717, 1.165) is 22.3 Å². The molecule has 0 atom stereocenters. The Morgan fingerprint density at radius 3 is 1.54 bits per heavy atom. The molecule has 0 saturated heterocycles. The number of anilines is 4. The lowest BCUT2D eigenvalue weighted by Gasteiger charge is -2.17. The molecule has 0 fully saturated rings. The van der Waals surface area contributed by atoms with Crippen molar-refractivity contribution in [3.8, 4) is 22.5 Å². The fourth-order valence-corrected chi connectivity index (χ4v) is 6.15. The second kappa shape index (κ2) is 17.3. The highest BCUT2D eigenvalue weighted by molar-refractivity contribution is 6.33. The van der Waals surface area contributed by atoms with E-state index < -0.39 is 0 Å². The molecule has 2 N–H and O–H groups in total. The van der Waals surface area contributed by atoms with Crippen LogP contribution >= 0.6 is 23.2 Å². The molecule has 0 bridgehead atoms. The van der Waals surface area contributed by atoms with Crippen LogP contribution in [0.2, 0.25) is 10.0 Å². The number of rotatable bonds is 10. The SMILES string of the molecule is CCn1nc(-c2ccccc2)c(C(C)=O)c(Nc2cc(C)ccc2Cl)c1=O.CCn1nc(-c2ccccc2)c(C(C)=O)c(Nc2cc(Cl)ccc2C)c1=O. The Labute approximate surface area is 323 Å². The molecule has 6 rings (SSSR count).